The summed E-state index contributed by atoms with van der Waals surface area (Å²) in [5.74, 6) is 0.0979. The highest BCUT2D eigenvalue weighted by atomic mass is 32.1. The van der Waals surface area contributed by atoms with Gasteiger partial charge in [-0.1, -0.05) is 77.1 Å². The first kappa shape index (κ1) is 51.4. The molecular formula is C54H70N12O6S. The first-order valence-electron chi connectivity index (χ1n) is 26.1. The van der Waals surface area contributed by atoms with E-state index in [9.17, 15) is 29.1 Å². The smallest absolute Gasteiger partial charge is 0.268 e. The van der Waals surface area contributed by atoms with Crippen LogP contribution < -0.4 is 26.2 Å². The summed E-state index contributed by atoms with van der Waals surface area (Å²) < 4.78 is 2.16. The van der Waals surface area contributed by atoms with Crippen molar-refractivity contribution >= 4 is 69.4 Å². The molecule has 19 heteroatoms. The van der Waals surface area contributed by atoms with Crippen LogP contribution in [0.2, 0.25) is 0 Å². The number of thiazole rings is 1. The Morgan fingerprint density at radius 2 is 1.64 bits per heavy atom. The summed E-state index contributed by atoms with van der Waals surface area (Å²) in [6.07, 6.45) is 11.9. The molecule has 1 aromatic carbocycles. The summed E-state index contributed by atoms with van der Waals surface area (Å²) >= 11 is 1.58. The maximum absolute atomic E-state index is 14.1. The first-order chi connectivity index (χ1) is 35.1. The topological polar surface area (TPSA) is 220 Å². The van der Waals surface area contributed by atoms with Crippen LogP contribution >= 0.6 is 11.3 Å². The number of amides is 5. The molecule has 388 valence electrons. The van der Waals surface area contributed by atoms with Crippen LogP contribution in [0.3, 0.4) is 0 Å². The molecule has 0 radical (unpaired) electrons. The van der Waals surface area contributed by atoms with Crippen molar-refractivity contribution in [3.8, 4) is 10.4 Å². The minimum absolute atomic E-state index is 0.00597. The number of aliphatic hydroxyl groups excluding tert-OH is 1. The van der Waals surface area contributed by atoms with Crippen LogP contribution in [0, 0.1) is 12.3 Å². The number of nitrogens with zero attached hydrogens (tertiary/aromatic N) is 8. The van der Waals surface area contributed by atoms with Gasteiger partial charge < -0.3 is 45.6 Å². The molecule has 18 nitrogen and oxygen atoms in total. The molecule has 4 aromatic heterocycles. The standard InChI is InChI=1S/C54H70N12O6S/c1-34(36-15-17-37(18-16-36)46-35(2)58-33-73-46)59-50(71)41-28-40(67)31-65(41)51(72)47(53(3,4)5)61-44(68)13-9-6-7-10-14-45(69)64-25-23-63(24-26-64)39-19-20-43(55-30-39)60-52-56-29-38-27-42-49(70)57-32-54(21-11-8-12-22-54)66(42)48(38)62-52/h15-20,27,29-30,33-34,40-41,47,67H,6-14,21-26,28,31-32H2,1-5H3,(H,57,70)(H,59,71)(H,61,68)(H,55,56,60,62)/t34-,40+,41-,47+/m0/s1. The number of aromatic nitrogens is 5. The molecule has 3 fully saturated rings. The van der Waals surface area contributed by atoms with Gasteiger partial charge in [0.1, 0.15) is 29.2 Å². The van der Waals surface area contributed by atoms with Crippen molar-refractivity contribution in [2.24, 2.45) is 5.41 Å². The number of likely N-dealkylation sites (tertiary alicyclic amines) is 1. The molecule has 7 heterocycles. The molecule has 1 spiro atoms. The van der Waals surface area contributed by atoms with Gasteiger partial charge in [0.2, 0.25) is 29.6 Å². The number of unbranched alkanes of at least 4 members (excludes halogenated alkanes) is 3. The number of pyridine rings is 1. The Kier molecular flexibility index (Phi) is 15.5. The summed E-state index contributed by atoms with van der Waals surface area (Å²) in [4.78, 5) is 92.3. The lowest BCUT2D eigenvalue weighted by Crippen LogP contribution is -2.57. The van der Waals surface area contributed by atoms with E-state index in [1.54, 1.807) is 17.5 Å². The number of anilines is 3. The van der Waals surface area contributed by atoms with Gasteiger partial charge in [-0.05, 0) is 74.3 Å². The summed E-state index contributed by atoms with van der Waals surface area (Å²) in [7, 11) is 0. The van der Waals surface area contributed by atoms with Crippen LogP contribution in [-0.4, -0.2) is 126 Å². The second kappa shape index (κ2) is 21.9. The number of hydrogen-bond donors (Lipinski definition) is 5. The number of rotatable bonds is 16. The second-order valence-corrected chi connectivity index (χ2v) is 22.4. The lowest BCUT2D eigenvalue weighted by atomic mass is 9.80. The second-order valence-electron chi connectivity index (χ2n) is 21.5. The van der Waals surface area contributed by atoms with Gasteiger partial charge in [-0.2, -0.15) is 4.98 Å². The lowest BCUT2D eigenvalue weighted by Gasteiger charge is -2.42. The molecular weight excluding hydrogens is 945 g/mol. The van der Waals surface area contributed by atoms with E-state index in [1.165, 1.54) is 11.3 Å². The minimum Gasteiger partial charge on any atom is -0.391 e. The van der Waals surface area contributed by atoms with Crippen molar-refractivity contribution in [2.45, 2.75) is 141 Å². The van der Waals surface area contributed by atoms with Gasteiger partial charge in [0.15, 0.2) is 0 Å². The van der Waals surface area contributed by atoms with E-state index in [0.717, 1.165) is 83.4 Å². The molecule has 0 unspecified atom stereocenters. The van der Waals surface area contributed by atoms with Crippen LogP contribution in [0.25, 0.3) is 21.5 Å². The van der Waals surface area contributed by atoms with Gasteiger partial charge in [-0.15, -0.1) is 11.3 Å². The van der Waals surface area contributed by atoms with Gasteiger partial charge in [0, 0.05) is 70.1 Å². The van der Waals surface area contributed by atoms with Crippen LogP contribution in [0.4, 0.5) is 17.5 Å². The highest BCUT2D eigenvalue weighted by Gasteiger charge is 2.45. The normalized spacial score (nSPS) is 19.6. The Morgan fingerprint density at radius 1 is 0.904 bits per heavy atom. The summed E-state index contributed by atoms with van der Waals surface area (Å²) in [6.45, 7) is 12.7. The molecule has 4 atom stereocenters. The molecule has 5 amide bonds. The average Bonchev–Trinajstić information content (AvgIpc) is 4.12. The predicted octanol–water partition coefficient (Wildman–Crippen LogP) is 6.76. The molecule has 2 saturated heterocycles. The van der Waals surface area contributed by atoms with Crippen LogP contribution in [0.1, 0.15) is 133 Å². The maximum atomic E-state index is 14.1. The van der Waals surface area contributed by atoms with Crippen LogP contribution in [-0.2, 0) is 24.7 Å². The third-order valence-electron chi connectivity index (χ3n) is 15.2. The van der Waals surface area contributed by atoms with Crippen molar-refractivity contribution in [3.63, 3.8) is 0 Å². The zero-order chi connectivity index (χ0) is 51.4. The van der Waals surface area contributed by atoms with E-state index in [1.807, 2.05) is 93.7 Å². The summed E-state index contributed by atoms with van der Waals surface area (Å²) in [6, 6.07) is 11.7. The number of carbonyl (C=O) groups excluding carboxylic acids is 5. The number of piperazine rings is 1. The fourth-order valence-electron chi connectivity index (χ4n) is 11.0. The van der Waals surface area contributed by atoms with E-state index in [4.69, 9.17) is 4.98 Å². The van der Waals surface area contributed by atoms with Crippen molar-refractivity contribution in [3.05, 3.63) is 77.3 Å². The first-order valence-corrected chi connectivity index (χ1v) is 27.0. The zero-order valence-electron chi connectivity index (χ0n) is 42.8. The predicted molar refractivity (Wildman–Crippen MR) is 281 cm³/mol. The summed E-state index contributed by atoms with van der Waals surface area (Å²) in [5, 5.41) is 23.9. The lowest BCUT2D eigenvalue weighted by molar-refractivity contribution is -0.144. The minimum atomic E-state index is -0.897. The van der Waals surface area contributed by atoms with Gasteiger partial charge in [-0.3, -0.25) is 24.0 Å². The molecule has 4 aliphatic rings. The Balaban J connectivity index is 0.685. The van der Waals surface area contributed by atoms with E-state index in [2.05, 4.69) is 45.7 Å². The number of β-amino-alcohol motifs (C(OH)–C–C–N with tert-alkyl or cyclic N) is 1. The molecule has 1 saturated carbocycles. The Labute approximate surface area is 431 Å². The van der Waals surface area contributed by atoms with Crippen molar-refractivity contribution in [1.29, 1.82) is 0 Å². The number of benzene rings is 1. The molecule has 9 rings (SSSR count). The van der Waals surface area contributed by atoms with Gasteiger partial charge in [-0.25, -0.2) is 15.0 Å². The monoisotopic (exact) mass is 1010 g/mol. The number of aliphatic hydroxyl groups is 1. The van der Waals surface area contributed by atoms with E-state index < -0.39 is 29.5 Å². The number of aryl methyl sites for hydroxylation is 1. The fourth-order valence-corrected chi connectivity index (χ4v) is 11.8. The van der Waals surface area contributed by atoms with E-state index >= 15 is 0 Å². The Morgan fingerprint density at radius 3 is 2.33 bits per heavy atom. The number of carbonyl (C=O) groups is 5. The summed E-state index contributed by atoms with van der Waals surface area (Å²) in [5.41, 5.74) is 6.31. The van der Waals surface area contributed by atoms with Gasteiger partial charge in [0.25, 0.3) is 5.91 Å². The fraction of sp³-hybridized carbons (Fsp3) is 0.537. The van der Waals surface area contributed by atoms with E-state index in [-0.39, 0.29) is 54.6 Å². The Hall–Kier alpha value is -6.47. The zero-order valence-corrected chi connectivity index (χ0v) is 43.6. The third kappa shape index (κ3) is 11.5. The van der Waals surface area contributed by atoms with Crippen molar-refractivity contribution < 1.29 is 29.1 Å². The molecule has 1 aliphatic carbocycles. The molecule has 0 bridgehead atoms. The highest BCUT2D eigenvalue weighted by molar-refractivity contribution is 7.13. The number of nitrogens with one attached hydrogen (secondary N) is 4. The van der Waals surface area contributed by atoms with Crippen LogP contribution in [0.15, 0.2) is 60.4 Å². The highest BCUT2D eigenvalue weighted by Crippen LogP contribution is 2.40. The molecule has 3 aliphatic heterocycles. The van der Waals surface area contributed by atoms with Gasteiger partial charge in [0.05, 0.1) is 45.7 Å². The van der Waals surface area contributed by atoms with E-state index in [0.29, 0.717) is 63.0 Å². The maximum Gasteiger partial charge on any atom is 0.268 e. The largest absolute Gasteiger partial charge is 0.391 e. The molecule has 73 heavy (non-hydrogen) atoms. The number of hydrogen-bond acceptors (Lipinski definition) is 13. The van der Waals surface area contributed by atoms with Crippen molar-refractivity contribution in [1.82, 2.24) is 50.3 Å². The van der Waals surface area contributed by atoms with Gasteiger partial charge >= 0.3 is 0 Å². The van der Waals surface area contributed by atoms with Crippen LogP contribution in [0.5, 0.6) is 0 Å². The number of fused-ring (bicyclic) bond motifs is 4. The third-order valence-corrected chi connectivity index (χ3v) is 16.2. The quantitative estimate of drug-likeness (QED) is 0.0648. The average molecular weight is 1020 g/mol. The SMILES string of the molecule is Cc1ncsc1-c1ccc([C@H](C)NC(=O)[C@@H]2C[C@@H](O)CN2C(=O)[C@@H](NC(=O)CCCCCCC(=O)N2CCN(c3ccc(Nc4ncc5cc6n(c5n4)C4(CCCCC4)CNC6=O)nc3)CC2)C(C)(C)C)cc1. The molecule has 5 N–H and O–H groups in total. The molecule has 5 aromatic rings. The van der Waals surface area contributed by atoms with Crippen molar-refractivity contribution in [2.75, 3.05) is 49.5 Å². The Bertz CT molecular complexity index is 2790.